The van der Waals surface area contributed by atoms with Gasteiger partial charge in [0, 0.05) is 15.1 Å². The summed E-state index contributed by atoms with van der Waals surface area (Å²) >= 11 is 11.2. The molecule has 1 heterocycles. The smallest absolute Gasteiger partial charge is 0.184 e. The van der Waals surface area contributed by atoms with Gasteiger partial charge in [-0.2, -0.15) is 5.10 Å². The van der Waals surface area contributed by atoms with Crippen LogP contribution >= 0.6 is 44.1 Å². The first-order valence-electron chi connectivity index (χ1n) is 3.49. The summed E-state index contributed by atoms with van der Waals surface area (Å²) < 4.78 is 1.73. The van der Waals surface area contributed by atoms with Gasteiger partial charge in [-0.1, -0.05) is 0 Å². The molecule has 1 aromatic heterocycles. The van der Waals surface area contributed by atoms with Crippen molar-refractivity contribution in [1.29, 1.82) is 0 Å². The van der Waals surface area contributed by atoms with Crippen molar-refractivity contribution >= 4 is 55.4 Å². The molecule has 0 radical (unpaired) electrons. The molecule has 1 rings (SSSR count). The number of nitrogens with one attached hydrogen (secondary N) is 1. The molecule has 0 atom stereocenters. The van der Waals surface area contributed by atoms with E-state index in [9.17, 15) is 0 Å². The van der Waals surface area contributed by atoms with Crippen LogP contribution < -0.4 is 11.2 Å². The van der Waals surface area contributed by atoms with E-state index in [1.54, 1.807) is 6.20 Å². The Hall–Kier alpha value is -0.530. The van der Waals surface area contributed by atoms with Crippen molar-refractivity contribution in [2.75, 3.05) is 0 Å². The summed E-state index contributed by atoms with van der Waals surface area (Å²) in [4.78, 5) is 4.11. The Bertz CT molecular complexity index is 380. The van der Waals surface area contributed by atoms with E-state index in [1.165, 1.54) is 6.21 Å². The second kappa shape index (κ2) is 5.38. The maximum atomic E-state index is 5.19. The number of hydrogen-bond acceptors (Lipinski definition) is 3. The highest BCUT2D eigenvalue weighted by molar-refractivity contribution is 9.11. The lowest BCUT2D eigenvalue weighted by Crippen LogP contribution is -2.24. The predicted molar refractivity (Wildman–Crippen MR) is 67.2 cm³/mol. The van der Waals surface area contributed by atoms with E-state index in [4.69, 9.17) is 5.73 Å². The van der Waals surface area contributed by atoms with E-state index in [0.29, 0.717) is 5.69 Å². The normalized spacial score (nSPS) is 10.4. The van der Waals surface area contributed by atoms with Crippen LogP contribution in [0.1, 0.15) is 5.69 Å². The number of nitrogens with two attached hydrogens (primary N) is 1. The second-order valence-corrected chi connectivity index (χ2v) is 4.46. The van der Waals surface area contributed by atoms with Gasteiger partial charge in [0.25, 0.3) is 0 Å². The van der Waals surface area contributed by atoms with Gasteiger partial charge in [0.15, 0.2) is 5.11 Å². The monoisotopic (exact) mass is 336 g/mol. The number of hydrogen-bond donors (Lipinski definition) is 2. The number of thiocarbonyl (C=S) groups is 1. The van der Waals surface area contributed by atoms with Crippen molar-refractivity contribution in [1.82, 2.24) is 10.4 Å². The van der Waals surface area contributed by atoms with Gasteiger partial charge in [0.1, 0.15) is 0 Å². The molecule has 3 N–H and O–H groups in total. The Labute approximate surface area is 103 Å². The molecule has 0 saturated carbocycles. The Kier molecular flexibility index (Phi) is 4.43. The van der Waals surface area contributed by atoms with Crippen LogP contribution in [0.3, 0.4) is 0 Å². The first kappa shape index (κ1) is 11.5. The minimum absolute atomic E-state index is 0.120. The summed E-state index contributed by atoms with van der Waals surface area (Å²) in [5.74, 6) is 0. The third-order valence-corrected chi connectivity index (χ3v) is 2.36. The van der Waals surface area contributed by atoms with E-state index < -0.39 is 0 Å². The van der Waals surface area contributed by atoms with Crippen LogP contribution in [0.2, 0.25) is 0 Å². The highest BCUT2D eigenvalue weighted by atomic mass is 79.9. The predicted octanol–water partition coefficient (Wildman–Crippen LogP) is 1.77. The van der Waals surface area contributed by atoms with Gasteiger partial charge >= 0.3 is 0 Å². The fourth-order valence-corrected chi connectivity index (χ4v) is 1.82. The lowest BCUT2D eigenvalue weighted by Gasteiger charge is -1.98. The molecule has 0 unspecified atom stereocenters. The quantitative estimate of drug-likeness (QED) is 0.490. The number of aromatic nitrogens is 1. The Morgan fingerprint density at radius 1 is 1.64 bits per heavy atom. The SMILES string of the molecule is NC(=S)NN=Cc1ncc(Br)cc1Br. The van der Waals surface area contributed by atoms with Crippen LogP contribution in [0.4, 0.5) is 0 Å². The number of pyridine rings is 1. The third-order valence-electron chi connectivity index (χ3n) is 1.20. The zero-order valence-corrected chi connectivity index (χ0v) is 10.9. The van der Waals surface area contributed by atoms with Crippen LogP contribution in [0.15, 0.2) is 26.3 Å². The maximum absolute atomic E-state index is 5.19. The molecule has 7 heteroatoms. The van der Waals surface area contributed by atoms with Crippen molar-refractivity contribution in [3.05, 3.63) is 26.9 Å². The van der Waals surface area contributed by atoms with E-state index in [2.05, 4.69) is 59.6 Å². The fourth-order valence-electron chi connectivity index (χ4n) is 0.677. The van der Waals surface area contributed by atoms with Gasteiger partial charge in [0.2, 0.25) is 0 Å². The summed E-state index contributed by atoms with van der Waals surface area (Å²) in [7, 11) is 0. The van der Waals surface area contributed by atoms with E-state index >= 15 is 0 Å². The van der Waals surface area contributed by atoms with E-state index in [0.717, 1.165) is 8.95 Å². The van der Waals surface area contributed by atoms with Crippen LogP contribution in [0.25, 0.3) is 0 Å². The molecule has 1 aromatic rings. The number of rotatable bonds is 2. The molecule has 4 nitrogen and oxygen atoms in total. The summed E-state index contributed by atoms with van der Waals surface area (Å²) in [6, 6.07) is 1.87. The van der Waals surface area contributed by atoms with Crippen LogP contribution in [0, 0.1) is 0 Å². The summed E-state index contributed by atoms with van der Waals surface area (Å²) in [5, 5.41) is 3.90. The third kappa shape index (κ3) is 3.69. The first-order valence-corrected chi connectivity index (χ1v) is 5.48. The van der Waals surface area contributed by atoms with Gasteiger partial charge in [-0.3, -0.25) is 10.4 Å². The van der Waals surface area contributed by atoms with Crippen LogP contribution in [-0.2, 0) is 0 Å². The second-order valence-electron chi connectivity index (χ2n) is 2.25. The van der Waals surface area contributed by atoms with Crippen molar-refractivity contribution in [2.45, 2.75) is 0 Å². The highest BCUT2D eigenvalue weighted by Crippen LogP contribution is 2.17. The standard InChI is InChI=1S/C7H6Br2N4S/c8-4-1-5(9)6(11-2-4)3-12-13-7(10)14/h1-3H,(H3,10,13,14). The largest absolute Gasteiger partial charge is 0.375 e. The average Bonchev–Trinajstić information content (AvgIpc) is 2.08. The molecule has 74 valence electrons. The van der Waals surface area contributed by atoms with Crippen LogP contribution in [-0.4, -0.2) is 16.3 Å². The van der Waals surface area contributed by atoms with Gasteiger partial charge in [0.05, 0.1) is 11.9 Å². The van der Waals surface area contributed by atoms with Gasteiger partial charge in [-0.15, -0.1) is 0 Å². The molecule has 0 aliphatic rings. The average molecular weight is 338 g/mol. The van der Waals surface area contributed by atoms with Crippen LogP contribution in [0.5, 0.6) is 0 Å². The number of halogens is 2. The molecule has 0 bridgehead atoms. The molecule has 0 spiro atoms. The molecule has 0 amide bonds. The minimum atomic E-state index is 0.120. The molecule has 0 aliphatic heterocycles. The molecule has 0 fully saturated rings. The maximum Gasteiger partial charge on any atom is 0.184 e. The zero-order chi connectivity index (χ0) is 10.6. The number of hydrazone groups is 1. The van der Waals surface area contributed by atoms with E-state index in [1.807, 2.05) is 6.07 Å². The van der Waals surface area contributed by atoms with Crippen molar-refractivity contribution in [3.8, 4) is 0 Å². The zero-order valence-electron chi connectivity index (χ0n) is 6.87. The van der Waals surface area contributed by atoms with Crippen molar-refractivity contribution in [2.24, 2.45) is 10.8 Å². The molecular formula is C7H6Br2N4S. The highest BCUT2D eigenvalue weighted by Gasteiger charge is 1.98. The minimum Gasteiger partial charge on any atom is -0.375 e. The van der Waals surface area contributed by atoms with Gasteiger partial charge in [-0.25, -0.2) is 0 Å². The molecule has 0 saturated heterocycles. The molecule has 14 heavy (non-hydrogen) atoms. The molecular weight excluding hydrogens is 332 g/mol. The van der Waals surface area contributed by atoms with Gasteiger partial charge in [-0.05, 0) is 50.1 Å². The van der Waals surface area contributed by atoms with Crippen molar-refractivity contribution in [3.63, 3.8) is 0 Å². The fraction of sp³-hybridized carbons (Fsp3) is 0. The van der Waals surface area contributed by atoms with Gasteiger partial charge < -0.3 is 5.73 Å². The summed E-state index contributed by atoms with van der Waals surface area (Å²) in [5.41, 5.74) is 8.32. The Balaban J connectivity index is 2.76. The van der Waals surface area contributed by atoms with Crippen molar-refractivity contribution < 1.29 is 0 Å². The van der Waals surface area contributed by atoms with E-state index in [-0.39, 0.29) is 5.11 Å². The molecule has 0 aromatic carbocycles. The summed E-state index contributed by atoms with van der Waals surface area (Å²) in [6.07, 6.45) is 3.20. The lowest BCUT2D eigenvalue weighted by atomic mass is 10.4. The lowest BCUT2D eigenvalue weighted by molar-refractivity contribution is 1.04. The first-order chi connectivity index (χ1) is 6.59. The topological polar surface area (TPSA) is 63.3 Å². The number of nitrogens with zero attached hydrogens (tertiary/aromatic N) is 2. The summed E-state index contributed by atoms with van der Waals surface area (Å²) in [6.45, 7) is 0. The molecule has 0 aliphatic carbocycles. The Morgan fingerprint density at radius 2 is 2.36 bits per heavy atom. The Morgan fingerprint density at radius 3 is 2.93 bits per heavy atom.